The van der Waals surface area contributed by atoms with Crippen molar-refractivity contribution in [3.8, 4) is 17.1 Å². The molecule has 0 aromatic carbocycles. The van der Waals surface area contributed by atoms with Gasteiger partial charge in [0.15, 0.2) is 5.82 Å². The van der Waals surface area contributed by atoms with Gasteiger partial charge in [0.25, 0.3) is 0 Å². The summed E-state index contributed by atoms with van der Waals surface area (Å²) in [4.78, 5) is 27.6. The van der Waals surface area contributed by atoms with E-state index in [1.165, 1.54) is 0 Å². The Bertz CT molecular complexity index is 1480. The molecule has 4 aromatic rings. The van der Waals surface area contributed by atoms with Gasteiger partial charge in [-0.25, -0.2) is 15.0 Å². The molecule has 4 aromatic heterocycles. The van der Waals surface area contributed by atoms with E-state index in [4.69, 9.17) is 10.5 Å². The molecular formula is C25H26N8O2. The standard InChI is InChI=1S/C25H26N8O2/c1-14-17-4-3-7-35-25(17)28-11-18(14)20-8-15-9-21(27-12-19(15)24(26)29-20)30-22-10-16-5-6-32(2)23(34)13-33(16)31-22/h8-12H,3-7,13H2,1-2H3,(H2,26,29)(H,27,30,31). The summed E-state index contributed by atoms with van der Waals surface area (Å²) in [6.07, 6.45) is 6.21. The molecule has 0 radical (unpaired) electrons. The molecule has 0 spiro atoms. The highest BCUT2D eigenvalue weighted by Gasteiger charge is 2.20. The van der Waals surface area contributed by atoms with Crippen LogP contribution in [-0.4, -0.2) is 55.7 Å². The van der Waals surface area contributed by atoms with Crippen LogP contribution in [-0.2, 0) is 24.2 Å². The van der Waals surface area contributed by atoms with Crippen molar-refractivity contribution in [2.24, 2.45) is 0 Å². The van der Waals surface area contributed by atoms with Crippen LogP contribution in [0.25, 0.3) is 22.0 Å². The fourth-order valence-corrected chi connectivity index (χ4v) is 4.74. The first-order chi connectivity index (χ1) is 17.0. The Morgan fingerprint density at radius 2 is 2.00 bits per heavy atom. The Morgan fingerprint density at radius 3 is 2.89 bits per heavy atom. The molecule has 0 atom stereocenters. The summed E-state index contributed by atoms with van der Waals surface area (Å²) in [6, 6.07) is 5.91. The Hall–Kier alpha value is -4.21. The number of likely N-dealkylation sites (N-methyl/N-ethyl adjacent to an activating group) is 1. The van der Waals surface area contributed by atoms with Gasteiger partial charge in [-0.05, 0) is 42.8 Å². The zero-order chi connectivity index (χ0) is 24.1. The van der Waals surface area contributed by atoms with Crippen LogP contribution >= 0.6 is 0 Å². The zero-order valence-corrected chi connectivity index (χ0v) is 19.7. The number of fused-ring (bicyclic) bond motifs is 3. The molecular weight excluding hydrogens is 444 g/mol. The maximum atomic E-state index is 12.2. The van der Waals surface area contributed by atoms with E-state index in [0.717, 1.165) is 58.1 Å². The zero-order valence-electron chi connectivity index (χ0n) is 19.7. The Kier molecular flexibility index (Phi) is 5.01. The molecule has 2 aliphatic rings. The largest absolute Gasteiger partial charge is 0.477 e. The Balaban J connectivity index is 1.33. The quantitative estimate of drug-likeness (QED) is 0.468. The van der Waals surface area contributed by atoms with Crippen LogP contribution < -0.4 is 15.8 Å². The van der Waals surface area contributed by atoms with E-state index in [2.05, 4.69) is 32.3 Å². The molecule has 0 fully saturated rings. The maximum absolute atomic E-state index is 12.2. The monoisotopic (exact) mass is 470 g/mol. The summed E-state index contributed by atoms with van der Waals surface area (Å²) in [7, 11) is 1.82. The van der Waals surface area contributed by atoms with Crippen LogP contribution in [0.15, 0.2) is 30.6 Å². The van der Waals surface area contributed by atoms with Gasteiger partial charge in [-0.3, -0.25) is 9.48 Å². The molecule has 0 bridgehead atoms. The third kappa shape index (κ3) is 3.80. The summed E-state index contributed by atoms with van der Waals surface area (Å²) >= 11 is 0. The summed E-state index contributed by atoms with van der Waals surface area (Å²) < 4.78 is 7.46. The molecule has 0 aliphatic carbocycles. The third-order valence-corrected chi connectivity index (χ3v) is 6.79. The van der Waals surface area contributed by atoms with E-state index in [-0.39, 0.29) is 12.5 Å². The molecule has 10 nitrogen and oxygen atoms in total. The molecule has 6 rings (SSSR count). The van der Waals surface area contributed by atoms with E-state index in [1.807, 2.05) is 31.4 Å². The summed E-state index contributed by atoms with van der Waals surface area (Å²) in [5.74, 6) is 2.48. The Morgan fingerprint density at radius 1 is 1.11 bits per heavy atom. The van der Waals surface area contributed by atoms with Crippen molar-refractivity contribution < 1.29 is 9.53 Å². The Labute approximate surface area is 202 Å². The third-order valence-electron chi connectivity index (χ3n) is 6.79. The minimum Gasteiger partial charge on any atom is -0.477 e. The highest BCUT2D eigenvalue weighted by Crippen LogP contribution is 2.34. The summed E-state index contributed by atoms with van der Waals surface area (Å²) in [6.45, 7) is 3.70. The number of aromatic nitrogens is 5. The lowest BCUT2D eigenvalue weighted by molar-refractivity contribution is -0.130. The van der Waals surface area contributed by atoms with Gasteiger partial charge in [0.2, 0.25) is 11.8 Å². The van der Waals surface area contributed by atoms with Gasteiger partial charge in [-0.2, -0.15) is 5.10 Å². The number of nitrogens with zero attached hydrogens (tertiary/aromatic N) is 6. The second-order valence-corrected chi connectivity index (χ2v) is 9.08. The van der Waals surface area contributed by atoms with Gasteiger partial charge < -0.3 is 20.7 Å². The van der Waals surface area contributed by atoms with E-state index in [9.17, 15) is 4.79 Å². The number of hydrogen-bond donors (Lipinski definition) is 2. The molecule has 0 unspecified atom stereocenters. The predicted octanol–water partition coefficient (Wildman–Crippen LogP) is 2.86. The van der Waals surface area contributed by atoms with Crippen LogP contribution in [0.3, 0.4) is 0 Å². The second kappa shape index (κ2) is 8.23. The number of nitrogens with two attached hydrogens (primary N) is 1. The van der Waals surface area contributed by atoms with Crippen LogP contribution in [0.4, 0.5) is 17.5 Å². The van der Waals surface area contributed by atoms with Crippen molar-refractivity contribution in [3.05, 3.63) is 47.4 Å². The summed E-state index contributed by atoms with van der Waals surface area (Å²) in [5.41, 5.74) is 11.3. The second-order valence-electron chi connectivity index (χ2n) is 9.08. The minimum absolute atomic E-state index is 0.0521. The molecule has 35 heavy (non-hydrogen) atoms. The first kappa shape index (κ1) is 21.3. The maximum Gasteiger partial charge on any atom is 0.244 e. The van der Waals surface area contributed by atoms with Gasteiger partial charge in [0.1, 0.15) is 18.2 Å². The van der Waals surface area contributed by atoms with Crippen LogP contribution in [0.1, 0.15) is 23.2 Å². The first-order valence-corrected chi connectivity index (χ1v) is 11.7. The SMILES string of the molecule is Cc1c(-c2cc3cc(Nc4cc5n(n4)CC(=O)N(C)CC5)ncc3c(N)n2)cnc2c1CCCO2. The fourth-order valence-electron chi connectivity index (χ4n) is 4.74. The number of nitrogens with one attached hydrogen (secondary N) is 1. The van der Waals surface area contributed by atoms with Crippen molar-refractivity contribution in [2.75, 3.05) is 31.2 Å². The lowest BCUT2D eigenvalue weighted by Gasteiger charge is -2.20. The minimum atomic E-state index is 0.0521. The number of ether oxygens (including phenoxy) is 1. The number of carbonyl (C=O) groups excluding carboxylic acids is 1. The van der Waals surface area contributed by atoms with Crippen molar-refractivity contribution in [1.82, 2.24) is 29.6 Å². The number of pyridine rings is 3. The number of anilines is 3. The highest BCUT2D eigenvalue weighted by molar-refractivity contribution is 5.95. The van der Waals surface area contributed by atoms with E-state index >= 15 is 0 Å². The molecule has 0 saturated heterocycles. The lowest BCUT2D eigenvalue weighted by Crippen LogP contribution is -2.29. The van der Waals surface area contributed by atoms with Gasteiger partial charge >= 0.3 is 0 Å². The predicted molar refractivity (Wildman–Crippen MR) is 133 cm³/mol. The number of hydrogen-bond acceptors (Lipinski definition) is 8. The molecule has 1 amide bonds. The molecule has 3 N–H and O–H groups in total. The number of amides is 1. The van der Waals surface area contributed by atoms with E-state index in [1.54, 1.807) is 15.8 Å². The van der Waals surface area contributed by atoms with Crippen molar-refractivity contribution in [3.63, 3.8) is 0 Å². The molecule has 10 heteroatoms. The number of carbonyl (C=O) groups is 1. The molecule has 6 heterocycles. The first-order valence-electron chi connectivity index (χ1n) is 11.7. The van der Waals surface area contributed by atoms with Crippen LogP contribution in [0.5, 0.6) is 5.88 Å². The number of nitrogen functional groups attached to an aromatic ring is 1. The van der Waals surface area contributed by atoms with Crippen LogP contribution in [0.2, 0.25) is 0 Å². The van der Waals surface area contributed by atoms with Gasteiger partial charge in [0, 0.05) is 60.7 Å². The van der Waals surface area contributed by atoms with E-state index < -0.39 is 0 Å². The van der Waals surface area contributed by atoms with Crippen molar-refractivity contribution >= 4 is 34.1 Å². The smallest absolute Gasteiger partial charge is 0.244 e. The van der Waals surface area contributed by atoms with Gasteiger partial charge in [0.05, 0.1) is 12.3 Å². The topological polar surface area (TPSA) is 124 Å². The van der Waals surface area contributed by atoms with E-state index in [0.29, 0.717) is 36.5 Å². The molecule has 2 aliphatic heterocycles. The molecule has 0 saturated carbocycles. The molecule has 178 valence electrons. The average molecular weight is 471 g/mol. The van der Waals surface area contributed by atoms with Crippen molar-refractivity contribution in [1.29, 1.82) is 0 Å². The summed E-state index contributed by atoms with van der Waals surface area (Å²) in [5, 5.41) is 9.53. The van der Waals surface area contributed by atoms with Crippen molar-refractivity contribution in [2.45, 2.75) is 32.7 Å². The number of rotatable bonds is 3. The lowest BCUT2D eigenvalue weighted by atomic mass is 9.97. The van der Waals surface area contributed by atoms with Gasteiger partial charge in [-0.15, -0.1) is 0 Å². The fraction of sp³-hybridized carbons (Fsp3) is 0.320. The normalized spacial score (nSPS) is 15.4. The van der Waals surface area contributed by atoms with Gasteiger partial charge in [-0.1, -0.05) is 0 Å². The van der Waals surface area contributed by atoms with Crippen LogP contribution in [0, 0.1) is 6.92 Å². The average Bonchev–Trinajstić information content (AvgIpc) is 3.17. The highest BCUT2D eigenvalue weighted by atomic mass is 16.5.